The molecule has 0 bridgehead atoms. The number of fused-ring (bicyclic) bond motifs is 1. The van der Waals surface area contributed by atoms with E-state index in [1.807, 2.05) is 13.0 Å². The standard InChI is InChI=1S/C20H31NO4/c1-15-2-3-17(24-15)12-21-9-6-20-19(21)5-4-18(25-20)14-23-13-16-7-10-22-11-8-16/h2-3,16,18-20H,4-14H2,1H3/t18-,19-,20-/m1/s1. The maximum atomic E-state index is 6.35. The third-order valence-corrected chi connectivity index (χ3v) is 5.90. The summed E-state index contributed by atoms with van der Waals surface area (Å²) in [5.74, 6) is 2.73. The molecule has 0 aromatic carbocycles. The first-order chi connectivity index (χ1) is 12.3. The van der Waals surface area contributed by atoms with Gasteiger partial charge >= 0.3 is 0 Å². The molecule has 3 atom stereocenters. The highest BCUT2D eigenvalue weighted by Crippen LogP contribution is 2.32. The summed E-state index contributed by atoms with van der Waals surface area (Å²) >= 11 is 0. The van der Waals surface area contributed by atoms with Crippen molar-refractivity contribution in [2.45, 2.75) is 63.8 Å². The van der Waals surface area contributed by atoms with Crippen LogP contribution in [0.25, 0.3) is 0 Å². The average Bonchev–Trinajstić information content (AvgIpc) is 3.22. The van der Waals surface area contributed by atoms with Crippen LogP contribution in [0.4, 0.5) is 0 Å². The van der Waals surface area contributed by atoms with Crippen molar-refractivity contribution in [1.29, 1.82) is 0 Å². The topological polar surface area (TPSA) is 44.1 Å². The van der Waals surface area contributed by atoms with E-state index in [-0.39, 0.29) is 6.10 Å². The maximum Gasteiger partial charge on any atom is 0.118 e. The lowest BCUT2D eigenvalue weighted by Crippen LogP contribution is -2.43. The lowest BCUT2D eigenvalue weighted by molar-refractivity contribution is -0.105. The molecule has 140 valence electrons. The smallest absolute Gasteiger partial charge is 0.118 e. The van der Waals surface area contributed by atoms with Crippen molar-refractivity contribution < 1.29 is 18.6 Å². The van der Waals surface area contributed by atoms with Crippen LogP contribution in [-0.4, -0.2) is 56.1 Å². The second-order valence-electron chi connectivity index (χ2n) is 7.81. The molecule has 25 heavy (non-hydrogen) atoms. The fourth-order valence-corrected chi connectivity index (χ4v) is 4.45. The third kappa shape index (κ3) is 4.45. The minimum atomic E-state index is 0.270. The molecule has 5 heteroatoms. The monoisotopic (exact) mass is 349 g/mol. The van der Waals surface area contributed by atoms with E-state index in [0.717, 1.165) is 76.7 Å². The van der Waals surface area contributed by atoms with Gasteiger partial charge in [-0.15, -0.1) is 0 Å². The lowest BCUT2D eigenvalue weighted by atomic mass is 9.99. The maximum absolute atomic E-state index is 6.35. The van der Waals surface area contributed by atoms with E-state index in [1.165, 1.54) is 6.42 Å². The van der Waals surface area contributed by atoms with E-state index in [2.05, 4.69) is 11.0 Å². The van der Waals surface area contributed by atoms with E-state index < -0.39 is 0 Å². The predicted molar refractivity (Wildman–Crippen MR) is 94.5 cm³/mol. The van der Waals surface area contributed by atoms with Gasteiger partial charge in [0.05, 0.1) is 25.4 Å². The van der Waals surface area contributed by atoms with Crippen molar-refractivity contribution in [3.05, 3.63) is 23.7 Å². The van der Waals surface area contributed by atoms with Gasteiger partial charge in [0.15, 0.2) is 0 Å². The average molecular weight is 349 g/mol. The Labute approximate surface area is 150 Å². The van der Waals surface area contributed by atoms with Gasteiger partial charge in [0, 0.05) is 32.4 Å². The van der Waals surface area contributed by atoms with E-state index in [4.69, 9.17) is 18.6 Å². The van der Waals surface area contributed by atoms with Gasteiger partial charge in [-0.3, -0.25) is 4.90 Å². The molecule has 3 aliphatic heterocycles. The van der Waals surface area contributed by atoms with Crippen molar-refractivity contribution in [2.75, 3.05) is 33.0 Å². The van der Waals surface area contributed by atoms with Gasteiger partial charge in [0.25, 0.3) is 0 Å². The van der Waals surface area contributed by atoms with Gasteiger partial charge in [-0.05, 0) is 57.1 Å². The van der Waals surface area contributed by atoms with Crippen LogP contribution in [-0.2, 0) is 20.8 Å². The second-order valence-corrected chi connectivity index (χ2v) is 7.81. The van der Waals surface area contributed by atoms with E-state index >= 15 is 0 Å². The fourth-order valence-electron chi connectivity index (χ4n) is 4.45. The Morgan fingerprint density at radius 1 is 1.08 bits per heavy atom. The van der Waals surface area contributed by atoms with Crippen LogP contribution in [0, 0.1) is 12.8 Å². The largest absolute Gasteiger partial charge is 0.465 e. The zero-order chi connectivity index (χ0) is 17.1. The van der Waals surface area contributed by atoms with Crippen LogP contribution < -0.4 is 0 Å². The van der Waals surface area contributed by atoms with E-state index in [1.54, 1.807) is 0 Å². The Hall–Kier alpha value is -0.880. The number of hydrogen-bond acceptors (Lipinski definition) is 5. The number of aryl methyl sites for hydroxylation is 1. The van der Waals surface area contributed by atoms with Gasteiger partial charge in [-0.1, -0.05) is 0 Å². The van der Waals surface area contributed by atoms with Crippen molar-refractivity contribution in [3.8, 4) is 0 Å². The zero-order valence-electron chi connectivity index (χ0n) is 15.3. The molecule has 0 amide bonds. The summed E-state index contributed by atoms with van der Waals surface area (Å²) in [5, 5.41) is 0. The number of likely N-dealkylation sites (tertiary alicyclic amines) is 1. The summed E-state index contributed by atoms with van der Waals surface area (Å²) in [6.45, 7) is 7.41. The summed E-state index contributed by atoms with van der Waals surface area (Å²) in [4.78, 5) is 2.53. The Kier molecular flexibility index (Phi) is 5.76. The zero-order valence-corrected chi connectivity index (χ0v) is 15.3. The molecule has 0 spiro atoms. The van der Waals surface area contributed by atoms with Crippen molar-refractivity contribution in [2.24, 2.45) is 5.92 Å². The summed E-state index contributed by atoms with van der Waals surface area (Å²) in [7, 11) is 0. The Bertz CT molecular complexity index is 540. The predicted octanol–water partition coefficient (Wildman–Crippen LogP) is 3.15. The first kappa shape index (κ1) is 17.5. The van der Waals surface area contributed by atoms with Crippen molar-refractivity contribution in [3.63, 3.8) is 0 Å². The molecule has 5 nitrogen and oxygen atoms in total. The molecule has 4 rings (SSSR count). The normalized spacial score (nSPS) is 31.3. The molecule has 0 radical (unpaired) electrons. The summed E-state index contributed by atoms with van der Waals surface area (Å²) in [6.07, 6.45) is 6.34. The van der Waals surface area contributed by atoms with E-state index in [9.17, 15) is 0 Å². The van der Waals surface area contributed by atoms with E-state index in [0.29, 0.717) is 18.1 Å². The van der Waals surface area contributed by atoms with Gasteiger partial charge in [0.2, 0.25) is 0 Å². The SMILES string of the molecule is Cc1ccc(CN2CC[C@H]3O[C@@H](COCC4CCOCC4)CC[C@H]32)o1. The molecular weight excluding hydrogens is 318 g/mol. The highest BCUT2D eigenvalue weighted by Gasteiger charge is 2.40. The number of nitrogens with zero attached hydrogens (tertiary/aromatic N) is 1. The fraction of sp³-hybridized carbons (Fsp3) is 0.800. The molecule has 3 fully saturated rings. The molecule has 1 aromatic rings. The Morgan fingerprint density at radius 2 is 1.96 bits per heavy atom. The first-order valence-electron chi connectivity index (χ1n) is 9.88. The molecule has 0 aliphatic carbocycles. The van der Waals surface area contributed by atoms with Crippen molar-refractivity contribution in [1.82, 2.24) is 4.90 Å². The van der Waals surface area contributed by atoms with Crippen LogP contribution in [0.15, 0.2) is 16.5 Å². The van der Waals surface area contributed by atoms with Gasteiger partial charge in [0.1, 0.15) is 11.5 Å². The Morgan fingerprint density at radius 3 is 2.76 bits per heavy atom. The van der Waals surface area contributed by atoms with Gasteiger partial charge in [-0.2, -0.15) is 0 Å². The summed E-state index contributed by atoms with van der Waals surface area (Å²) in [5.41, 5.74) is 0. The number of ether oxygens (including phenoxy) is 3. The van der Waals surface area contributed by atoms with Gasteiger partial charge in [-0.25, -0.2) is 0 Å². The van der Waals surface area contributed by atoms with Gasteiger partial charge < -0.3 is 18.6 Å². The highest BCUT2D eigenvalue weighted by atomic mass is 16.5. The second kappa shape index (κ2) is 8.21. The number of rotatable bonds is 6. The van der Waals surface area contributed by atoms with Crippen LogP contribution in [0.3, 0.4) is 0 Å². The number of furan rings is 1. The van der Waals surface area contributed by atoms with Crippen LogP contribution >= 0.6 is 0 Å². The Balaban J connectivity index is 1.20. The molecule has 3 saturated heterocycles. The van der Waals surface area contributed by atoms with Crippen molar-refractivity contribution >= 4 is 0 Å². The summed E-state index contributed by atoms with van der Waals surface area (Å²) < 4.78 is 23.5. The molecule has 0 unspecified atom stereocenters. The highest BCUT2D eigenvalue weighted by molar-refractivity contribution is 5.06. The molecule has 4 heterocycles. The minimum absolute atomic E-state index is 0.270. The molecule has 3 aliphatic rings. The van der Waals surface area contributed by atoms with Crippen LogP contribution in [0.2, 0.25) is 0 Å². The lowest BCUT2D eigenvalue weighted by Gasteiger charge is -2.36. The molecule has 0 saturated carbocycles. The molecular formula is C20H31NO4. The van der Waals surface area contributed by atoms with Crippen LogP contribution in [0.1, 0.15) is 43.6 Å². The third-order valence-electron chi connectivity index (χ3n) is 5.90. The number of hydrogen-bond donors (Lipinski definition) is 0. The molecule has 1 aromatic heterocycles. The summed E-state index contributed by atoms with van der Waals surface area (Å²) in [6, 6.07) is 4.68. The first-order valence-corrected chi connectivity index (χ1v) is 9.88. The minimum Gasteiger partial charge on any atom is -0.465 e. The quantitative estimate of drug-likeness (QED) is 0.789. The molecule has 0 N–H and O–H groups in total. The van der Waals surface area contributed by atoms with Crippen LogP contribution in [0.5, 0.6) is 0 Å².